The number of hydrogen-bond donors (Lipinski definition) is 1. The number of benzene rings is 1. The van der Waals surface area contributed by atoms with Crippen LogP contribution in [0, 0.1) is 11.3 Å². The molecule has 2 N–H and O–H groups in total. The van der Waals surface area contributed by atoms with E-state index >= 15 is 0 Å². The Hall–Kier alpha value is -2.26. The second kappa shape index (κ2) is 5.80. The summed E-state index contributed by atoms with van der Waals surface area (Å²) >= 11 is 3.18. The zero-order valence-corrected chi connectivity index (χ0v) is 12.3. The maximum Gasteiger partial charge on any atom is 0.218 e. The van der Waals surface area contributed by atoms with Gasteiger partial charge >= 0.3 is 0 Å². The molecule has 0 radical (unpaired) electrons. The maximum absolute atomic E-state index is 11.5. The number of nitriles is 1. The molecule has 0 saturated heterocycles. The first-order valence-corrected chi connectivity index (χ1v) is 6.56. The summed E-state index contributed by atoms with van der Waals surface area (Å²) in [7, 11) is 1.57. The predicted octanol–water partition coefficient (Wildman–Crippen LogP) is 2.12. The second-order valence-electron chi connectivity index (χ2n) is 4.20. The molecule has 1 aromatic heterocycles. The lowest BCUT2D eigenvalue weighted by Crippen LogP contribution is -2.13. The Kier molecular flexibility index (Phi) is 4.11. The van der Waals surface area contributed by atoms with Gasteiger partial charge in [0.25, 0.3) is 0 Å². The van der Waals surface area contributed by atoms with Crippen molar-refractivity contribution in [1.29, 1.82) is 5.26 Å². The van der Waals surface area contributed by atoms with Gasteiger partial charge in [0, 0.05) is 18.0 Å². The van der Waals surface area contributed by atoms with Crippen LogP contribution in [0.3, 0.4) is 0 Å². The highest BCUT2D eigenvalue weighted by Crippen LogP contribution is 2.21. The molecule has 20 heavy (non-hydrogen) atoms. The van der Waals surface area contributed by atoms with E-state index in [1.807, 2.05) is 0 Å². The van der Waals surface area contributed by atoms with Crippen LogP contribution in [0.1, 0.15) is 11.1 Å². The molecule has 2 rings (SSSR count). The third kappa shape index (κ3) is 2.83. The summed E-state index contributed by atoms with van der Waals surface area (Å²) in [4.78, 5) is 11.5. The molecule has 0 aliphatic heterocycles. The van der Waals surface area contributed by atoms with E-state index in [9.17, 15) is 4.79 Å². The Morgan fingerprint density at radius 2 is 2.20 bits per heavy atom. The fourth-order valence-corrected chi connectivity index (χ4v) is 2.37. The van der Waals surface area contributed by atoms with E-state index in [4.69, 9.17) is 15.7 Å². The number of pyridine rings is 1. The van der Waals surface area contributed by atoms with Gasteiger partial charge in [0.05, 0.1) is 35.4 Å². The van der Waals surface area contributed by atoms with E-state index in [1.165, 1.54) is 0 Å². The first kappa shape index (κ1) is 14.2. The van der Waals surface area contributed by atoms with Gasteiger partial charge in [-0.3, -0.25) is 4.79 Å². The van der Waals surface area contributed by atoms with Crippen molar-refractivity contribution in [2.75, 3.05) is 12.8 Å². The van der Waals surface area contributed by atoms with E-state index in [0.717, 1.165) is 5.56 Å². The van der Waals surface area contributed by atoms with Gasteiger partial charge in [-0.25, -0.2) is 0 Å². The number of aromatic nitrogens is 1. The Bertz CT molecular complexity index is 721. The van der Waals surface area contributed by atoms with Crippen LogP contribution in [-0.4, -0.2) is 11.7 Å². The highest BCUT2D eigenvalue weighted by molar-refractivity contribution is 9.10. The molecule has 0 aliphatic rings. The molecule has 2 aromatic rings. The lowest BCUT2D eigenvalue weighted by atomic mass is 10.1. The van der Waals surface area contributed by atoms with Gasteiger partial charge in [-0.1, -0.05) is 0 Å². The maximum atomic E-state index is 11.5. The van der Waals surface area contributed by atoms with Gasteiger partial charge in [-0.15, -0.1) is 0 Å². The average Bonchev–Trinajstić information content (AvgIpc) is 2.44. The first-order valence-electron chi connectivity index (χ1n) is 5.77. The molecule has 0 amide bonds. The van der Waals surface area contributed by atoms with Crippen molar-refractivity contribution >= 4 is 21.6 Å². The molecule has 0 unspecified atom stereocenters. The van der Waals surface area contributed by atoms with Gasteiger partial charge < -0.3 is 15.0 Å². The number of anilines is 1. The predicted molar refractivity (Wildman–Crippen MR) is 79.6 cm³/mol. The number of methoxy groups -OCH3 is 1. The van der Waals surface area contributed by atoms with Crippen molar-refractivity contribution in [3.05, 3.63) is 56.4 Å². The van der Waals surface area contributed by atoms with Crippen molar-refractivity contribution in [2.45, 2.75) is 6.54 Å². The molecule has 5 nitrogen and oxygen atoms in total. The molecule has 0 fully saturated rings. The van der Waals surface area contributed by atoms with E-state index in [0.29, 0.717) is 22.3 Å². The van der Waals surface area contributed by atoms with E-state index in [-0.39, 0.29) is 11.1 Å². The highest BCUT2D eigenvalue weighted by atomic mass is 79.9. The third-order valence-corrected chi connectivity index (χ3v) is 3.39. The van der Waals surface area contributed by atoms with Gasteiger partial charge in [0.2, 0.25) is 5.43 Å². The van der Waals surface area contributed by atoms with Crippen LogP contribution >= 0.6 is 15.9 Å². The summed E-state index contributed by atoms with van der Waals surface area (Å²) in [5, 5.41) is 8.95. The monoisotopic (exact) mass is 333 g/mol. The van der Waals surface area contributed by atoms with Crippen molar-refractivity contribution < 1.29 is 4.74 Å². The third-order valence-electron chi connectivity index (χ3n) is 2.83. The summed E-state index contributed by atoms with van der Waals surface area (Å²) in [6.07, 6.45) is 3.21. The molecule has 1 heterocycles. The molecule has 0 atom stereocenters. The summed E-state index contributed by atoms with van der Waals surface area (Å²) in [5.41, 5.74) is 6.96. The number of hydrogen-bond acceptors (Lipinski definition) is 4. The largest absolute Gasteiger partial charge is 0.496 e. The topological polar surface area (TPSA) is 81.0 Å². The normalized spacial score (nSPS) is 10.1. The van der Waals surface area contributed by atoms with Crippen molar-refractivity contribution in [3.8, 4) is 11.8 Å². The van der Waals surface area contributed by atoms with Crippen LogP contribution in [0.5, 0.6) is 5.75 Å². The minimum Gasteiger partial charge on any atom is -0.496 e. The molecule has 6 heteroatoms. The number of ether oxygens (including phenoxy) is 1. The minimum atomic E-state index is -0.237. The highest BCUT2D eigenvalue weighted by Gasteiger charge is 2.07. The number of nitrogen functional groups attached to an aromatic ring is 1. The van der Waals surface area contributed by atoms with Crippen molar-refractivity contribution in [3.63, 3.8) is 0 Å². The zero-order chi connectivity index (χ0) is 14.7. The Morgan fingerprint density at radius 3 is 2.80 bits per heavy atom. The molecule has 1 aromatic carbocycles. The standard InChI is InChI=1S/C14H12BrN3O2/c1-20-13-3-2-9(5-16)4-10(13)6-18-7-11(15)14(19)12(17)8-18/h2-4,7-8H,6,17H2,1H3. The SMILES string of the molecule is COc1ccc(C#N)cc1Cn1cc(N)c(=O)c(Br)c1. The Labute approximate surface area is 124 Å². The number of nitrogens with zero attached hydrogens (tertiary/aromatic N) is 2. The second-order valence-corrected chi connectivity index (χ2v) is 5.06. The van der Waals surface area contributed by atoms with Crippen LogP contribution in [0.4, 0.5) is 5.69 Å². The lowest BCUT2D eigenvalue weighted by molar-refractivity contribution is 0.408. The molecular formula is C14H12BrN3O2. The van der Waals surface area contributed by atoms with E-state index in [1.54, 1.807) is 42.3 Å². The molecule has 102 valence electrons. The van der Waals surface area contributed by atoms with E-state index < -0.39 is 0 Å². The van der Waals surface area contributed by atoms with Gasteiger partial charge in [-0.05, 0) is 34.1 Å². The summed E-state index contributed by atoms with van der Waals surface area (Å²) in [6, 6.07) is 7.28. The quantitative estimate of drug-likeness (QED) is 0.932. The molecule has 0 saturated carbocycles. The van der Waals surface area contributed by atoms with Crippen LogP contribution in [-0.2, 0) is 6.54 Å². The Morgan fingerprint density at radius 1 is 1.45 bits per heavy atom. The smallest absolute Gasteiger partial charge is 0.218 e. The number of rotatable bonds is 3. The van der Waals surface area contributed by atoms with Gasteiger partial charge in [0.15, 0.2) is 0 Å². The van der Waals surface area contributed by atoms with Crippen molar-refractivity contribution in [1.82, 2.24) is 4.57 Å². The first-order chi connectivity index (χ1) is 9.55. The van der Waals surface area contributed by atoms with Crippen LogP contribution in [0.25, 0.3) is 0 Å². The van der Waals surface area contributed by atoms with Crippen LogP contribution in [0.2, 0.25) is 0 Å². The van der Waals surface area contributed by atoms with Gasteiger partial charge in [0.1, 0.15) is 5.75 Å². The molecule has 0 bridgehead atoms. The average molecular weight is 334 g/mol. The van der Waals surface area contributed by atoms with Crippen LogP contribution in [0.15, 0.2) is 39.9 Å². The summed E-state index contributed by atoms with van der Waals surface area (Å²) < 4.78 is 7.43. The molecular weight excluding hydrogens is 322 g/mol. The molecule has 0 spiro atoms. The van der Waals surface area contributed by atoms with Crippen LogP contribution < -0.4 is 15.9 Å². The fourth-order valence-electron chi connectivity index (χ4n) is 1.88. The number of halogens is 1. The summed E-state index contributed by atoms with van der Waals surface area (Å²) in [6.45, 7) is 0.446. The van der Waals surface area contributed by atoms with E-state index in [2.05, 4.69) is 22.0 Å². The fraction of sp³-hybridized carbons (Fsp3) is 0.143. The van der Waals surface area contributed by atoms with Crippen molar-refractivity contribution in [2.24, 2.45) is 0 Å². The minimum absolute atomic E-state index is 0.162. The lowest BCUT2D eigenvalue weighted by Gasteiger charge is -2.12. The zero-order valence-electron chi connectivity index (χ0n) is 10.8. The Balaban J connectivity index is 2.44. The summed E-state index contributed by atoms with van der Waals surface area (Å²) in [5.74, 6) is 0.678. The number of nitrogens with two attached hydrogens (primary N) is 1. The molecule has 0 aliphatic carbocycles. The van der Waals surface area contributed by atoms with Gasteiger partial charge in [-0.2, -0.15) is 5.26 Å².